The smallest absolute Gasteiger partial charge is 0.270 e. The lowest BCUT2D eigenvalue weighted by Gasteiger charge is -2.11. The molecule has 144 valence electrons. The maximum Gasteiger partial charge on any atom is 0.270 e. The molecule has 0 radical (unpaired) electrons. The molecular formula is C19H19N5O3S. The number of carbonyl (C=O) groups is 1. The molecule has 28 heavy (non-hydrogen) atoms. The Kier molecular flexibility index (Phi) is 5.74. The first kappa shape index (κ1) is 19.6. The number of nitrogens with zero attached hydrogens (tertiary/aromatic N) is 4. The number of carbonyl (C=O) groups excluding carboxylic acids is 1. The van der Waals surface area contributed by atoms with Crippen molar-refractivity contribution in [3.63, 3.8) is 0 Å². The van der Waals surface area contributed by atoms with Gasteiger partial charge >= 0.3 is 0 Å². The number of nitro benzene ring substituents is 1. The van der Waals surface area contributed by atoms with Crippen molar-refractivity contribution >= 4 is 29.0 Å². The van der Waals surface area contributed by atoms with Crippen LogP contribution >= 0.6 is 11.8 Å². The van der Waals surface area contributed by atoms with Gasteiger partial charge in [0.2, 0.25) is 5.91 Å². The Hall–Kier alpha value is -3.20. The monoisotopic (exact) mass is 397 g/mol. The summed E-state index contributed by atoms with van der Waals surface area (Å²) in [5, 5.41) is 22.7. The summed E-state index contributed by atoms with van der Waals surface area (Å²) < 4.78 is 1.72. The Labute approximate surface area is 166 Å². The highest BCUT2D eigenvalue weighted by Crippen LogP contribution is 2.26. The van der Waals surface area contributed by atoms with E-state index in [2.05, 4.69) is 15.5 Å². The van der Waals surface area contributed by atoms with Crippen LogP contribution in [-0.4, -0.2) is 31.3 Å². The molecule has 1 N–H and O–H groups in total. The van der Waals surface area contributed by atoms with Gasteiger partial charge in [0, 0.05) is 30.4 Å². The molecule has 0 spiro atoms. The van der Waals surface area contributed by atoms with Crippen molar-refractivity contribution in [2.45, 2.75) is 19.0 Å². The van der Waals surface area contributed by atoms with Gasteiger partial charge < -0.3 is 9.88 Å². The van der Waals surface area contributed by atoms with Gasteiger partial charge in [-0.15, -0.1) is 10.2 Å². The van der Waals surface area contributed by atoms with Crippen LogP contribution in [0.4, 0.5) is 11.4 Å². The summed E-state index contributed by atoms with van der Waals surface area (Å²) in [4.78, 5) is 22.8. The van der Waals surface area contributed by atoms with E-state index in [1.54, 1.807) is 23.7 Å². The van der Waals surface area contributed by atoms with Crippen LogP contribution in [0.3, 0.4) is 0 Å². The van der Waals surface area contributed by atoms with Crippen molar-refractivity contribution in [1.82, 2.24) is 14.8 Å². The molecule has 0 aliphatic heterocycles. The Morgan fingerprint density at radius 3 is 2.54 bits per heavy atom. The Balaban J connectivity index is 1.70. The van der Waals surface area contributed by atoms with Gasteiger partial charge in [0.25, 0.3) is 5.69 Å². The molecule has 0 atom stereocenters. The summed E-state index contributed by atoms with van der Waals surface area (Å²) >= 11 is 1.26. The second-order valence-electron chi connectivity index (χ2n) is 6.28. The molecule has 8 nitrogen and oxygen atoms in total. The lowest BCUT2D eigenvalue weighted by atomic mass is 10.1. The molecule has 0 bridgehead atoms. The van der Waals surface area contributed by atoms with Crippen molar-refractivity contribution in [2.24, 2.45) is 7.05 Å². The van der Waals surface area contributed by atoms with Gasteiger partial charge in [0.15, 0.2) is 11.0 Å². The standard InChI is InChI=1S/C19H19N5O3S/c1-12-6-4-7-13(2)17(12)20-16(25)11-28-19-22-21-18(23(19)3)14-8-5-9-15(10-14)24(26)27/h4-10H,11H2,1-3H3,(H,20,25). The number of hydrogen-bond acceptors (Lipinski definition) is 6. The Morgan fingerprint density at radius 1 is 1.18 bits per heavy atom. The average Bonchev–Trinajstić information content (AvgIpc) is 3.04. The number of non-ortho nitro benzene ring substituents is 1. The second-order valence-corrected chi connectivity index (χ2v) is 7.22. The molecule has 1 amide bonds. The largest absolute Gasteiger partial charge is 0.325 e. The lowest BCUT2D eigenvalue weighted by Crippen LogP contribution is -2.16. The molecule has 0 saturated carbocycles. The van der Waals surface area contributed by atoms with E-state index in [4.69, 9.17) is 0 Å². The van der Waals surface area contributed by atoms with Crippen molar-refractivity contribution in [2.75, 3.05) is 11.1 Å². The van der Waals surface area contributed by atoms with Crippen LogP contribution in [0.1, 0.15) is 11.1 Å². The van der Waals surface area contributed by atoms with Crippen molar-refractivity contribution in [1.29, 1.82) is 0 Å². The number of hydrogen-bond donors (Lipinski definition) is 1. The SMILES string of the molecule is Cc1cccc(C)c1NC(=O)CSc1nnc(-c2cccc([N+](=O)[O-])c2)n1C. The van der Waals surface area contributed by atoms with Gasteiger partial charge in [-0.3, -0.25) is 14.9 Å². The molecule has 0 saturated heterocycles. The van der Waals surface area contributed by atoms with E-state index >= 15 is 0 Å². The van der Waals surface area contributed by atoms with Gasteiger partial charge in [-0.05, 0) is 25.0 Å². The first-order chi connectivity index (χ1) is 13.4. The molecular weight excluding hydrogens is 378 g/mol. The maximum absolute atomic E-state index is 12.3. The highest BCUT2D eigenvalue weighted by molar-refractivity contribution is 7.99. The zero-order valence-electron chi connectivity index (χ0n) is 15.7. The predicted molar refractivity (Wildman–Crippen MR) is 108 cm³/mol. The minimum absolute atomic E-state index is 0.0114. The fourth-order valence-corrected chi connectivity index (χ4v) is 3.48. The molecule has 3 rings (SSSR count). The summed E-state index contributed by atoms with van der Waals surface area (Å²) in [6, 6.07) is 12.1. The third kappa shape index (κ3) is 4.20. The number of nitro groups is 1. The number of thioether (sulfide) groups is 1. The van der Waals surface area contributed by atoms with Crippen LogP contribution < -0.4 is 5.32 Å². The average molecular weight is 397 g/mol. The minimum Gasteiger partial charge on any atom is -0.325 e. The molecule has 0 unspecified atom stereocenters. The van der Waals surface area contributed by atoms with Crippen LogP contribution in [0.2, 0.25) is 0 Å². The first-order valence-corrected chi connectivity index (χ1v) is 9.48. The number of para-hydroxylation sites is 1. The maximum atomic E-state index is 12.3. The van der Waals surface area contributed by atoms with Crippen LogP contribution in [-0.2, 0) is 11.8 Å². The Bertz CT molecular complexity index is 1030. The van der Waals surface area contributed by atoms with E-state index in [0.717, 1.165) is 16.8 Å². The van der Waals surface area contributed by atoms with E-state index in [9.17, 15) is 14.9 Å². The third-order valence-corrected chi connectivity index (χ3v) is 5.25. The van der Waals surface area contributed by atoms with E-state index in [1.807, 2.05) is 32.0 Å². The molecule has 2 aromatic carbocycles. The van der Waals surface area contributed by atoms with Gasteiger partial charge in [-0.1, -0.05) is 42.1 Å². The van der Waals surface area contributed by atoms with E-state index in [0.29, 0.717) is 16.5 Å². The number of aromatic nitrogens is 3. The third-order valence-electron chi connectivity index (χ3n) is 4.23. The number of nitrogens with one attached hydrogen (secondary N) is 1. The number of rotatable bonds is 6. The summed E-state index contributed by atoms with van der Waals surface area (Å²) in [7, 11) is 1.76. The highest BCUT2D eigenvalue weighted by Gasteiger charge is 2.16. The number of aryl methyl sites for hydroxylation is 2. The van der Waals surface area contributed by atoms with Gasteiger partial charge in [-0.2, -0.15) is 0 Å². The summed E-state index contributed by atoms with van der Waals surface area (Å²) in [5.74, 6) is 0.540. The van der Waals surface area contributed by atoms with Crippen LogP contribution in [0.15, 0.2) is 47.6 Å². The number of anilines is 1. The zero-order valence-corrected chi connectivity index (χ0v) is 16.5. The van der Waals surface area contributed by atoms with Gasteiger partial charge in [0.05, 0.1) is 10.7 Å². The summed E-state index contributed by atoms with van der Waals surface area (Å²) in [5.41, 5.74) is 3.41. The molecule has 3 aromatic rings. The van der Waals surface area contributed by atoms with E-state index in [1.165, 1.54) is 23.9 Å². The van der Waals surface area contributed by atoms with E-state index < -0.39 is 4.92 Å². The fourth-order valence-electron chi connectivity index (χ4n) is 2.77. The number of amides is 1. The first-order valence-electron chi connectivity index (χ1n) is 8.50. The minimum atomic E-state index is -0.451. The molecule has 0 aliphatic rings. The van der Waals surface area contributed by atoms with Crippen molar-refractivity contribution in [3.05, 3.63) is 63.7 Å². The Morgan fingerprint density at radius 2 is 1.86 bits per heavy atom. The van der Waals surface area contributed by atoms with Gasteiger partial charge in [0.1, 0.15) is 0 Å². The van der Waals surface area contributed by atoms with E-state index in [-0.39, 0.29) is 17.3 Å². The van der Waals surface area contributed by atoms with Crippen molar-refractivity contribution < 1.29 is 9.72 Å². The van der Waals surface area contributed by atoms with Crippen LogP contribution in [0, 0.1) is 24.0 Å². The quantitative estimate of drug-likeness (QED) is 0.386. The number of benzene rings is 2. The van der Waals surface area contributed by atoms with Crippen LogP contribution in [0.25, 0.3) is 11.4 Å². The molecule has 1 aromatic heterocycles. The lowest BCUT2D eigenvalue weighted by molar-refractivity contribution is -0.384. The highest BCUT2D eigenvalue weighted by atomic mass is 32.2. The topological polar surface area (TPSA) is 103 Å². The molecule has 0 fully saturated rings. The molecule has 0 aliphatic carbocycles. The second kappa shape index (κ2) is 8.22. The summed E-state index contributed by atoms with van der Waals surface area (Å²) in [6.07, 6.45) is 0. The van der Waals surface area contributed by atoms with Gasteiger partial charge in [-0.25, -0.2) is 0 Å². The van der Waals surface area contributed by atoms with Crippen LogP contribution in [0.5, 0.6) is 0 Å². The zero-order chi connectivity index (χ0) is 20.3. The van der Waals surface area contributed by atoms with Crippen molar-refractivity contribution in [3.8, 4) is 11.4 Å². The molecule has 1 heterocycles. The molecule has 9 heteroatoms. The summed E-state index contributed by atoms with van der Waals surface area (Å²) in [6.45, 7) is 3.90. The predicted octanol–water partition coefficient (Wildman–Crippen LogP) is 3.74. The fraction of sp³-hybridized carbons (Fsp3) is 0.211. The normalized spacial score (nSPS) is 10.7.